The van der Waals surface area contributed by atoms with E-state index in [1.54, 1.807) is 12.4 Å². The number of aliphatic hydroxyl groups is 1. The number of nitrogens with one attached hydrogen (secondary N) is 2. The van der Waals surface area contributed by atoms with E-state index in [2.05, 4.69) is 22.5 Å². The highest BCUT2D eigenvalue weighted by molar-refractivity contribution is 5.81. The van der Waals surface area contributed by atoms with Crippen LogP contribution in [0, 0.1) is 11.8 Å². The minimum Gasteiger partial charge on any atom is -0.393 e. The van der Waals surface area contributed by atoms with Crippen LogP contribution in [0.5, 0.6) is 0 Å². The summed E-state index contributed by atoms with van der Waals surface area (Å²) in [7, 11) is 0. The molecule has 0 bridgehead atoms. The van der Waals surface area contributed by atoms with Crippen LogP contribution >= 0.6 is 0 Å². The number of ether oxygens (including phenoxy) is 1. The molecular formula is C21H31N3O4. The van der Waals surface area contributed by atoms with Crippen molar-refractivity contribution >= 4 is 11.8 Å². The highest BCUT2D eigenvalue weighted by atomic mass is 16.5. The number of hydrogen-bond acceptors (Lipinski definition) is 5. The summed E-state index contributed by atoms with van der Waals surface area (Å²) in [4.78, 5) is 29.1. The van der Waals surface area contributed by atoms with Crippen LogP contribution in [-0.2, 0) is 20.9 Å². The monoisotopic (exact) mass is 389 g/mol. The van der Waals surface area contributed by atoms with Gasteiger partial charge < -0.3 is 20.5 Å². The van der Waals surface area contributed by atoms with Crippen LogP contribution in [0.2, 0.25) is 0 Å². The topological polar surface area (TPSA) is 101 Å². The van der Waals surface area contributed by atoms with Crippen molar-refractivity contribution < 1.29 is 19.4 Å². The molecule has 3 rings (SSSR count). The fourth-order valence-corrected chi connectivity index (χ4v) is 3.94. The van der Waals surface area contributed by atoms with E-state index in [1.807, 2.05) is 12.1 Å². The Morgan fingerprint density at radius 1 is 1.14 bits per heavy atom. The summed E-state index contributed by atoms with van der Waals surface area (Å²) in [5.41, 5.74) is 1.01. The first-order valence-electron chi connectivity index (χ1n) is 10.3. The van der Waals surface area contributed by atoms with Gasteiger partial charge in [0.05, 0.1) is 18.2 Å². The van der Waals surface area contributed by atoms with E-state index in [0.29, 0.717) is 32.4 Å². The molecule has 3 N–H and O–H groups in total. The van der Waals surface area contributed by atoms with E-state index in [1.165, 1.54) is 0 Å². The molecule has 0 aromatic carbocycles. The molecule has 2 saturated carbocycles. The van der Waals surface area contributed by atoms with Gasteiger partial charge in [0.15, 0.2) is 0 Å². The van der Waals surface area contributed by atoms with Crippen molar-refractivity contribution in [3.8, 4) is 0 Å². The van der Waals surface area contributed by atoms with Crippen LogP contribution in [0.25, 0.3) is 0 Å². The Balaban J connectivity index is 1.54. The molecular weight excluding hydrogens is 358 g/mol. The third-order valence-electron chi connectivity index (χ3n) is 5.72. The zero-order valence-corrected chi connectivity index (χ0v) is 16.5. The first kappa shape index (κ1) is 20.7. The molecule has 7 heteroatoms. The normalized spacial score (nSPS) is 29.6. The summed E-state index contributed by atoms with van der Waals surface area (Å²) in [6, 6.07) is 3.60. The number of rotatable bonds is 8. The maximum atomic E-state index is 12.7. The largest absolute Gasteiger partial charge is 0.393 e. The summed E-state index contributed by atoms with van der Waals surface area (Å²) in [5, 5.41) is 15.5. The third-order valence-corrected chi connectivity index (χ3v) is 5.72. The van der Waals surface area contributed by atoms with Crippen LogP contribution in [0.3, 0.4) is 0 Å². The van der Waals surface area contributed by atoms with Crippen molar-refractivity contribution in [3.63, 3.8) is 0 Å². The number of nitrogens with zero attached hydrogens (tertiary/aromatic N) is 1. The van der Waals surface area contributed by atoms with Crippen LogP contribution in [-0.4, -0.2) is 46.8 Å². The second kappa shape index (κ2) is 9.98. The van der Waals surface area contributed by atoms with Gasteiger partial charge >= 0.3 is 0 Å². The Morgan fingerprint density at radius 3 is 2.57 bits per heavy atom. The molecule has 2 amide bonds. The first-order chi connectivity index (χ1) is 13.6. The van der Waals surface area contributed by atoms with E-state index in [9.17, 15) is 14.7 Å². The molecule has 0 aliphatic heterocycles. The summed E-state index contributed by atoms with van der Waals surface area (Å²) in [6.45, 7) is 3.18. The summed E-state index contributed by atoms with van der Waals surface area (Å²) in [6.07, 6.45) is 7.06. The Kier molecular flexibility index (Phi) is 7.39. The molecule has 28 heavy (non-hydrogen) atoms. The van der Waals surface area contributed by atoms with Crippen LogP contribution < -0.4 is 10.6 Å². The Morgan fingerprint density at radius 2 is 1.89 bits per heavy atom. The molecule has 2 aliphatic rings. The summed E-state index contributed by atoms with van der Waals surface area (Å²) >= 11 is 0. The van der Waals surface area contributed by atoms with E-state index in [0.717, 1.165) is 24.8 Å². The number of aliphatic hydroxyl groups excluding tert-OH is 1. The molecule has 154 valence electrons. The lowest BCUT2D eigenvalue weighted by Crippen LogP contribution is -2.53. The lowest BCUT2D eigenvalue weighted by atomic mass is 9.80. The van der Waals surface area contributed by atoms with E-state index in [-0.39, 0.29) is 41.9 Å². The van der Waals surface area contributed by atoms with Gasteiger partial charge in [-0.05, 0) is 56.2 Å². The lowest BCUT2D eigenvalue weighted by molar-refractivity contribution is -0.136. The van der Waals surface area contributed by atoms with Gasteiger partial charge in [-0.1, -0.05) is 6.92 Å². The Bertz CT molecular complexity index is 648. The number of pyridine rings is 1. The Labute approximate surface area is 166 Å². The van der Waals surface area contributed by atoms with Crippen molar-refractivity contribution in [2.45, 2.75) is 70.2 Å². The predicted octanol–water partition coefficient (Wildman–Crippen LogP) is 1.55. The molecule has 0 saturated heterocycles. The number of carbonyl (C=O) groups is 2. The SMILES string of the molecule is CCCO[C@@H]1CC[C@H](C(=O)NCc2ccncc2)C[C@H]1NC(=O)C1CC(O)C1. The van der Waals surface area contributed by atoms with E-state index in [4.69, 9.17) is 4.74 Å². The minimum atomic E-state index is -0.360. The van der Waals surface area contributed by atoms with Crippen LogP contribution in [0.15, 0.2) is 24.5 Å². The quantitative estimate of drug-likeness (QED) is 0.626. The van der Waals surface area contributed by atoms with E-state index < -0.39 is 0 Å². The zero-order valence-electron chi connectivity index (χ0n) is 16.5. The fourth-order valence-electron chi connectivity index (χ4n) is 3.94. The Hall–Kier alpha value is -1.99. The smallest absolute Gasteiger partial charge is 0.223 e. The second-order valence-electron chi connectivity index (χ2n) is 7.93. The van der Waals surface area contributed by atoms with Gasteiger partial charge in [0.25, 0.3) is 0 Å². The molecule has 2 fully saturated rings. The van der Waals surface area contributed by atoms with Crippen molar-refractivity contribution in [1.82, 2.24) is 15.6 Å². The maximum Gasteiger partial charge on any atom is 0.223 e. The van der Waals surface area contributed by atoms with Crippen molar-refractivity contribution in [2.24, 2.45) is 11.8 Å². The maximum absolute atomic E-state index is 12.7. The first-order valence-corrected chi connectivity index (χ1v) is 10.3. The van der Waals surface area contributed by atoms with Gasteiger partial charge in [-0.2, -0.15) is 0 Å². The number of carbonyl (C=O) groups excluding carboxylic acids is 2. The van der Waals surface area contributed by atoms with Crippen LogP contribution in [0.4, 0.5) is 0 Å². The highest BCUT2D eigenvalue weighted by Crippen LogP contribution is 2.30. The standard InChI is InChI=1S/C21H31N3O4/c1-2-9-28-19-4-3-15(20(26)23-13-14-5-7-22-8-6-14)12-18(19)24-21(27)16-10-17(25)11-16/h5-8,15-19,25H,2-4,9-13H2,1H3,(H,23,26)(H,24,27)/t15-,16?,17?,18+,19+/m0/s1. The van der Waals surface area contributed by atoms with Gasteiger partial charge in [0.1, 0.15) is 0 Å². The highest BCUT2D eigenvalue weighted by Gasteiger charge is 2.39. The molecule has 7 nitrogen and oxygen atoms in total. The average molecular weight is 389 g/mol. The van der Waals surface area contributed by atoms with Gasteiger partial charge in [-0.3, -0.25) is 14.6 Å². The number of aromatic nitrogens is 1. The molecule has 0 radical (unpaired) electrons. The predicted molar refractivity (Wildman–Crippen MR) is 104 cm³/mol. The number of hydrogen-bond donors (Lipinski definition) is 3. The van der Waals surface area contributed by atoms with E-state index >= 15 is 0 Å². The van der Waals surface area contributed by atoms with Crippen molar-refractivity contribution in [2.75, 3.05) is 6.61 Å². The molecule has 0 spiro atoms. The summed E-state index contributed by atoms with van der Waals surface area (Å²) < 4.78 is 5.95. The molecule has 1 aromatic heterocycles. The van der Waals surface area contributed by atoms with Gasteiger partial charge in [0.2, 0.25) is 11.8 Å². The molecule has 1 heterocycles. The average Bonchev–Trinajstić information content (AvgIpc) is 2.69. The van der Waals surface area contributed by atoms with Crippen molar-refractivity contribution in [3.05, 3.63) is 30.1 Å². The molecule has 2 aliphatic carbocycles. The van der Waals surface area contributed by atoms with Gasteiger partial charge in [-0.15, -0.1) is 0 Å². The number of amides is 2. The fraction of sp³-hybridized carbons (Fsp3) is 0.667. The minimum absolute atomic E-state index is 0.0177. The van der Waals surface area contributed by atoms with Crippen molar-refractivity contribution in [1.29, 1.82) is 0 Å². The van der Waals surface area contributed by atoms with Gasteiger partial charge in [0, 0.05) is 37.4 Å². The third kappa shape index (κ3) is 5.52. The molecule has 0 unspecified atom stereocenters. The molecule has 1 aromatic rings. The van der Waals surface area contributed by atoms with Gasteiger partial charge in [-0.25, -0.2) is 0 Å². The molecule has 3 atom stereocenters. The lowest BCUT2D eigenvalue weighted by Gasteiger charge is -2.38. The van der Waals surface area contributed by atoms with Crippen LogP contribution in [0.1, 0.15) is 51.0 Å². The zero-order chi connectivity index (χ0) is 19.9. The second-order valence-corrected chi connectivity index (χ2v) is 7.93. The summed E-state index contributed by atoms with van der Waals surface area (Å²) in [5.74, 6) is -0.273.